The van der Waals surface area contributed by atoms with Crippen molar-refractivity contribution in [1.29, 1.82) is 0 Å². The number of hydrogen-bond donors (Lipinski definition) is 1. The van der Waals surface area contributed by atoms with Crippen molar-refractivity contribution in [3.05, 3.63) is 48.6 Å². The fourth-order valence-electron chi connectivity index (χ4n) is 2.28. The number of allylic oxidation sites excluding steroid dienone is 7. The summed E-state index contributed by atoms with van der Waals surface area (Å²) in [5.41, 5.74) is 0. The maximum atomic E-state index is 10.4. The van der Waals surface area contributed by atoms with Crippen LogP contribution in [-0.2, 0) is 9.53 Å². The van der Waals surface area contributed by atoms with Gasteiger partial charge in [-0.3, -0.25) is 4.79 Å². The Morgan fingerprint density at radius 1 is 1.04 bits per heavy atom. The highest BCUT2D eigenvalue weighted by molar-refractivity contribution is 5.66. The minimum absolute atomic E-state index is 0.170. The van der Waals surface area contributed by atoms with E-state index in [9.17, 15) is 4.79 Å². The van der Waals surface area contributed by atoms with Gasteiger partial charge in [0.15, 0.2) is 0 Å². The normalized spacial score (nSPS) is 21.3. The molecular weight excluding hydrogens is 288 g/mol. The highest BCUT2D eigenvalue weighted by Crippen LogP contribution is 2.28. The van der Waals surface area contributed by atoms with Crippen LogP contribution in [0.25, 0.3) is 0 Å². The predicted molar refractivity (Wildman–Crippen MR) is 95.5 cm³/mol. The van der Waals surface area contributed by atoms with Crippen molar-refractivity contribution < 1.29 is 14.6 Å². The largest absolute Gasteiger partial charge is 0.481 e. The van der Waals surface area contributed by atoms with Crippen LogP contribution in [0.1, 0.15) is 58.3 Å². The zero-order valence-corrected chi connectivity index (χ0v) is 14.2. The first-order valence-electron chi connectivity index (χ1n) is 8.76. The minimum Gasteiger partial charge on any atom is -0.481 e. The molecule has 1 N–H and O–H groups in total. The summed E-state index contributed by atoms with van der Waals surface area (Å²) in [7, 11) is 0. The van der Waals surface area contributed by atoms with Crippen LogP contribution in [-0.4, -0.2) is 23.3 Å². The van der Waals surface area contributed by atoms with Crippen molar-refractivity contribution in [3.8, 4) is 0 Å². The molecule has 23 heavy (non-hydrogen) atoms. The molecule has 1 aliphatic heterocycles. The third kappa shape index (κ3) is 11.6. The Kier molecular flexibility index (Phi) is 10.9. The average molecular weight is 318 g/mol. The predicted octanol–water partition coefficient (Wildman–Crippen LogP) is 5.20. The van der Waals surface area contributed by atoms with Crippen LogP contribution in [0, 0.1) is 0 Å². The van der Waals surface area contributed by atoms with Gasteiger partial charge in [0.1, 0.15) is 6.10 Å². The van der Waals surface area contributed by atoms with Crippen molar-refractivity contribution in [2.24, 2.45) is 0 Å². The second-order valence-corrected chi connectivity index (χ2v) is 5.83. The monoisotopic (exact) mass is 318 g/mol. The van der Waals surface area contributed by atoms with Gasteiger partial charge in [-0.2, -0.15) is 0 Å². The smallest absolute Gasteiger partial charge is 0.303 e. The van der Waals surface area contributed by atoms with Crippen LogP contribution in [0.3, 0.4) is 0 Å². The summed E-state index contributed by atoms with van der Waals surface area (Å²) in [6.07, 6.45) is 24.9. The number of aliphatic carboxylic acids is 1. The van der Waals surface area contributed by atoms with Crippen LogP contribution >= 0.6 is 0 Å². The molecule has 1 heterocycles. The number of carbonyl (C=O) groups is 1. The first-order valence-corrected chi connectivity index (χ1v) is 8.76. The van der Waals surface area contributed by atoms with E-state index in [0.29, 0.717) is 6.42 Å². The molecule has 0 radical (unpaired) electrons. The molecule has 3 nitrogen and oxygen atoms in total. The molecule has 0 aromatic rings. The molecule has 0 bridgehead atoms. The van der Waals surface area contributed by atoms with E-state index in [4.69, 9.17) is 9.84 Å². The van der Waals surface area contributed by atoms with E-state index in [1.165, 1.54) is 25.7 Å². The molecule has 128 valence electrons. The Hall–Kier alpha value is -1.61. The Bertz CT molecular complexity index is 432. The van der Waals surface area contributed by atoms with E-state index < -0.39 is 5.97 Å². The van der Waals surface area contributed by atoms with Crippen molar-refractivity contribution in [2.75, 3.05) is 0 Å². The maximum absolute atomic E-state index is 10.4. The Labute approximate surface area is 140 Å². The van der Waals surface area contributed by atoms with Crippen LogP contribution in [0.5, 0.6) is 0 Å². The van der Waals surface area contributed by atoms with Crippen LogP contribution < -0.4 is 0 Å². The van der Waals surface area contributed by atoms with Gasteiger partial charge in [0.05, 0.1) is 6.10 Å². The number of unbranched alkanes of at least 4 members (excludes halogenated alkanes) is 3. The van der Waals surface area contributed by atoms with E-state index in [2.05, 4.69) is 31.2 Å². The molecule has 0 spiro atoms. The fraction of sp³-hybridized carbons (Fsp3) is 0.550. The van der Waals surface area contributed by atoms with Gasteiger partial charge in [0, 0.05) is 6.42 Å². The Morgan fingerprint density at radius 3 is 2.65 bits per heavy atom. The summed E-state index contributed by atoms with van der Waals surface area (Å²) in [6, 6.07) is 0. The highest BCUT2D eigenvalue weighted by Gasteiger charge is 2.35. The van der Waals surface area contributed by atoms with Crippen LogP contribution in [0.4, 0.5) is 0 Å². The van der Waals surface area contributed by atoms with Gasteiger partial charge < -0.3 is 9.84 Å². The Morgan fingerprint density at radius 2 is 1.87 bits per heavy atom. The number of carboxylic acid groups (broad SMARTS) is 1. The first-order chi connectivity index (χ1) is 11.2. The third-order valence-electron chi connectivity index (χ3n) is 3.68. The van der Waals surface area contributed by atoms with E-state index in [1.54, 1.807) is 0 Å². The minimum atomic E-state index is -0.733. The molecule has 2 atom stereocenters. The number of epoxide rings is 1. The van der Waals surface area contributed by atoms with Crippen molar-refractivity contribution >= 4 is 5.97 Å². The zero-order valence-electron chi connectivity index (χ0n) is 14.2. The second kappa shape index (κ2) is 12.9. The fourth-order valence-corrected chi connectivity index (χ4v) is 2.28. The van der Waals surface area contributed by atoms with Gasteiger partial charge in [-0.15, -0.1) is 0 Å². The van der Waals surface area contributed by atoms with Gasteiger partial charge >= 0.3 is 5.97 Å². The van der Waals surface area contributed by atoms with Gasteiger partial charge in [0.2, 0.25) is 0 Å². The number of rotatable bonds is 13. The lowest BCUT2D eigenvalue weighted by Crippen LogP contribution is -1.97. The molecular formula is C20H30O3. The van der Waals surface area contributed by atoms with Gasteiger partial charge in [0.25, 0.3) is 0 Å². The molecule has 0 unspecified atom stereocenters. The maximum Gasteiger partial charge on any atom is 0.303 e. The number of hydrogen-bond acceptors (Lipinski definition) is 2. The molecule has 0 aromatic heterocycles. The van der Waals surface area contributed by atoms with Gasteiger partial charge in [-0.25, -0.2) is 0 Å². The lowest BCUT2D eigenvalue weighted by Gasteiger charge is -1.91. The molecule has 0 aliphatic carbocycles. The molecule has 1 rings (SSSR count). The van der Waals surface area contributed by atoms with Crippen LogP contribution in [0.2, 0.25) is 0 Å². The SMILES string of the molecule is CCCCC/C=C\C\C=C/C=C/C=C/[C@H]1O[C@H]1CCCC(=O)O. The molecule has 1 aliphatic rings. The average Bonchev–Trinajstić information content (AvgIpc) is 3.26. The molecule has 0 saturated carbocycles. The molecule has 0 amide bonds. The zero-order chi connectivity index (χ0) is 16.8. The van der Waals surface area contributed by atoms with Crippen molar-refractivity contribution in [1.82, 2.24) is 0 Å². The summed E-state index contributed by atoms with van der Waals surface area (Å²) in [4.78, 5) is 10.4. The topological polar surface area (TPSA) is 49.8 Å². The molecule has 1 fully saturated rings. The quantitative estimate of drug-likeness (QED) is 0.220. The number of carboxylic acids is 1. The van der Waals surface area contributed by atoms with E-state index >= 15 is 0 Å². The lowest BCUT2D eigenvalue weighted by atomic mass is 10.1. The molecule has 3 heteroatoms. The molecule has 0 aromatic carbocycles. The van der Waals surface area contributed by atoms with E-state index in [0.717, 1.165) is 12.8 Å². The second-order valence-electron chi connectivity index (χ2n) is 5.83. The van der Waals surface area contributed by atoms with Crippen LogP contribution in [0.15, 0.2) is 48.6 Å². The summed E-state index contributed by atoms with van der Waals surface area (Å²) in [5.74, 6) is -0.733. The summed E-state index contributed by atoms with van der Waals surface area (Å²) in [6.45, 7) is 2.22. The van der Waals surface area contributed by atoms with Gasteiger partial charge in [-0.05, 0) is 32.1 Å². The lowest BCUT2D eigenvalue weighted by molar-refractivity contribution is -0.137. The highest BCUT2D eigenvalue weighted by atomic mass is 16.6. The standard InChI is InChI=1S/C20H30O3/c1-2-3-4-5-6-7-8-9-10-11-12-13-15-18-19(23-18)16-14-17-20(21)22/h6-7,9-13,15,18-19H,2-5,8,14,16-17H2,1H3,(H,21,22)/b7-6-,10-9-,12-11+,15-13+/t18-,19+/m1/s1. The summed E-state index contributed by atoms with van der Waals surface area (Å²) < 4.78 is 5.46. The third-order valence-corrected chi connectivity index (χ3v) is 3.68. The Balaban J connectivity index is 1.99. The van der Waals surface area contributed by atoms with Crippen molar-refractivity contribution in [3.63, 3.8) is 0 Å². The first kappa shape index (κ1) is 19.4. The van der Waals surface area contributed by atoms with Gasteiger partial charge in [-0.1, -0.05) is 68.4 Å². The summed E-state index contributed by atoms with van der Waals surface area (Å²) >= 11 is 0. The summed E-state index contributed by atoms with van der Waals surface area (Å²) in [5, 5.41) is 8.56. The number of ether oxygens (including phenoxy) is 1. The molecule has 1 saturated heterocycles. The van der Waals surface area contributed by atoms with E-state index in [1.807, 2.05) is 24.3 Å². The van der Waals surface area contributed by atoms with E-state index in [-0.39, 0.29) is 18.6 Å². The van der Waals surface area contributed by atoms with Crippen molar-refractivity contribution in [2.45, 2.75) is 70.5 Å².